The van der Waals surface area contributed by atoms with Gasteiger partial charge in [0.2, 0.25) is 0 Å². The molecule has 0 saturated heterocycles. The number of carbonyl (C=O) groups excluding carboxylic acids is 1. The number of hydrogen-bond donors (Lipinski definition) is 0. The Morgan fingerprint density at radius 3 is 2.74 bits per heavy atom. The molecule has 1 rings (SSSR count). The molecule has 1 aromatic rings. The van der Waals surface area contributed by atoms with Crippen molar-refractivity contribution in [2.45, 2.75) is 39.5 Å². The van der Waals surface area contributed by atoms with Gasteiger partial charge in [0, 0.05) is 6.61 Å². The van der Waals surface area contributed by atoms with Crippen LogP contribution in [-0.2, 0) is 14.5 Å². The van der Waals surface area contributed by atoms with Crippen LogP contribution < -0.4 is 4.74 Å². The van der Waals surface area contributed by atoms with Crippen molar-refractivity contribution in [3.63, 3.8) is 0 Å². The lowest BCUT2D eigenvalue weighted by atomic mass is 10.0. The molecule has 129 valence electrons. The highest BCUT2D eigenvalue weighted by molar-refractivity contribution is 5.92. The molecule has 0 aliphatic heterocycles. The highest BCUT2D eigenvalue weighted by Gasteiger charge is 2.14. The van der Waals surface area contributed by atoms with Crippen LogP contribution in [0.4, 0.5) is 0 Å². The summed E-state index contributed by atoms with van der Waals surface area (Å²) in [6.07, 6.45) is 4.70. The second-order valence-electron chi connectivity index (χ2n) is 5.29. The summed E-state index contributed by atoms with van der Waals surface area (Å²) in [5.74, 6) is 0.409. The van der Waals surface area contributed by atoms with Gasteiger partial charge in [0.25, 0.3) is 0 Å². The molecule has 23 heavy (non-hydrogen) atoms. The summed E-state index contributed by atoms with van der Waals surface area (Å²) < 4.78 is 10.6. The predicted molar refractivity (Wildman–Crippen MR) is 87.9 cm³/mol. The van der Waals surface area contributed by atoms with Crippen LogP contribution in [0, 0.1) is 12.5 Å². The van der Waals surface area contributed by atoms with E-state index in [1.54, 1.807) is 24.3 Å². The second-order valence-corrected chi connectivity index (χ2v) is 5.29. The maximum atomic E-state index is 11.8. The molecule has 0 aliphatic carbocycles. The van der Waals surface area contributed by atoms with Crippen LogP contribution >= 0.6 is 0 Å². The first-order chi connectivity index (χ1) is 11.2. The Bertz CT molecular complexity index is 447. The molecule has 5 nitrogen and oxygen atoms in total. The highest BCUT2D eigenvalue weighted by atomic mass is 17.2. The second kappa shape index (κ2) is 11.9. The zero-order valence-corrected chi connectivity index (χ0v) is 14.2. The fourth-order valence-corrected chi connectivity index (χ4v) is 2.14. The lowest BCUT2D eigenvalue weighted by Crippen LogP contribution is -2.12. The van der Waals surface area contributed by atoms with E-state index in [0.717, 1.165) is 6.42 Å². The van der Waals surface area contributed by atoms with Crippen molar-refractivity contribution >= 4 is 5.97 Å². The number of hydrogen-bond acceptors (Lipinski definition) is 5. The van der Waals surface area contributed by atoms with E-state index in [1.807, 2.05) is 0 Å². The monoisotopic (exact) mass is 323 g/mol. The van der Waals surface area contributed by atoms with Gasteiger partial charge in [0.15, 0.2) is 6.61 Å². The third-order valence-electron chi connectivity index (χ3n) is 3.60. The summed E-state index contributed by atoms with van der Waals surface area (Å²) in [6.45, 7) is 6.66. The van der Waals surface area contributed by atoms with E-state index in [2.05, 4.69) is 13.8 Å². The minimum Gasteiger partial charge on any atom is -0.496 e. The Hall–Kier alpha value is -1.59. The van der Waals surface area contributed by atoms with Gasteiger partial charge in [-0.3, -0.25) is 4.89 Å². The lowest BCUT2D eigenvalue weighted by molar-refractivity contribution is -0.218. The maximum Gasteiger partial charge on any atom is 0.376 e. The molecular formula is C18H27O5. The molecule has 0 spiro atoms. The van der Waals surface area contributed by atoms with Gasteiger partial charge in [-0.2, -0.15) is 4.89 Å². The Kier molecular flexibility index (Phi) is 10.1. The summed E-state index contributed by atoms with van der Waals surface area (Å²) in [7, 11) is 1.50. The molecule has 0 N–H and O–H groups in total. The minimum atomic E-state index is -0.604. The summed E-state index contributed by atoms with van der Waals surface area (Å²) in [5, 5.41) is 0. The number of rotatable bonds is 12. The summed E-state index contributed by atoms with van der Waals surface area (Å²) in [6, 6.07) is 6.80. The normalized spacial score (nSPS) is 12.0. The average molecular weight is 323 g/mol. The van der Waals surface area contributed by atoms with Crippen molar-refractivity contribution in [3.8, 4) is 5.75 Å². The van der Waals surface area contributed by atoms with Crippen molar-refractivity contribution < 1.29 is 24.0 Å². The van der Waals surface area contributed by atoms with E-state index >= 15 is 0 Å². The van der Waals surface area contributed by atoms with Crippen LogP contribution in [0.2, 0.25) is 0 Å². The molecule has 0 amide bonds. The molecule has 0 saturated carbocycles. The maximum absolute atomic E-state index is 11.8. The molecule has 0 aliphatic rings. The van der Waals surface area contributed by atoms with Gasteiger partial charge in [-0.1, -0.05) is 45.2 Å². The predicted octanol–water partition coefficient (Wildman–Crippen LogP) is 4.18. The zero-order valence-electron chi connectivity index (χ0n) is 14.2. The van der Waals surface area contributed by atoms with Crippen molar-refractivity contribution in [2.24, 2.45) is 5.92 Å². The van der Waals surface area contributed by atoms with Gasteiger partial charge < -0.3 is 9.47 Å². The molecule has 1 aromatic carbocycles. The van der Waals surface area contributed by atoms with Crippen LogP contribution in [0.1, 0.15) is 49.9 Å². The molecule has 0 heterocycles. The molecule has 5 heteroatoms. The van der Waals surface area contributed by atoms with Crippen LogP contribution in [-0.4, -0.2) is 26.3 Å². The number of benzene rings is 1. The molecule has 1 unspecified atom stereocenters. The quantitative estimate of drug-likeness (QED) is 0.328. The van der Waals surface area contributed by atoms with Crippen LogP contribution in [0.3, 0.4) is 0 Å². The van der Waals surface area contributed by atoms with E-state index in [1.165, 1.54) is 33.0 Å². The van der Waals surface area contributed by atoms with Gasteiger partial charge in [0.1, 0.15) is 11.3 Å². The van der Waals surface area contributed by atoms with Crippen molar-refractivity contribution in [2.75, 3.05) is 20.3 Å². The molecule has 1 atom stereocenters. The van der Waals surface area contributed by atoms with E-state index in [9.17, 15) is 4.79 Å². The molecule has 1 radical (unpaired) electrons. The Balaban J connectivity index is 2.18. The zero-order chi connectivity index (χ0) is 16.9. The average Bonchev–Trinajstić information content (AvgIpc) is 2.60. The third kappa shape index (κ3) is 7.48. The largest absolute Gasteiger partial charge is 0.496 e. The first kappa shape index (κ1) is 19.5. The minimum absolute atomic E-state index is 0.280. The highest BCUT2D eigenvalue weighted by Crippen LogP contribution is 2.18. The topological polar surface area (TPSA) is 54.0 Å². The van der Waals surface area contributed by atoms with E-state index in [4.69, 9.17) is 19.2 Å². The van der Waals surface area contributed by atoms with Crippen molar-refractivity contribution in [1.82, 2.24) is 0 Å². The van der Waals surface area contributed by atoms with Crippen LogP contribution in [0.5, 0.6) is 5.75 Å². The van der Waals surface area contributed by atoms with Crippen molar-refractivity contribution in [1.29, 1.82) is 0 Å². The number of unbranched alkanes of at least 4 members (excludes halogenated alkanes) is 1. The SMILES string of the molecule is CCCCC(CC)COC[CH]OOC(=O)c1ccccc1OC. The summed E-state index contributed by atoms with van der Waals surface area (Å²) >= 11 is 0. The van der Waals surface area contributed by atoms with Gasteiger partial charge in [0.05, 0.1) is 13.7 Å². The number of ether oxygens (including phenoxy) is 2. The fraction of sp³-hybridized carbons (Fsp3) is 0.556. The Morgan fingerprint density at radius 2 is 2.04 bits per heavy atom. The summed E-state index contributed by atoms with van der Waals surface area (Å²) in [5.41, 5.74) is 0.315. The Labute approximate surface area is 138 Å². The molecular weight excluding hydrogens is 296 g/mol. The number of methoxy groups -OCH3 is 1. The Morgan fingerprint density at radius 1 is 1.26 bits per heavy atom. The fourth-order valence-electron chi connectivity index (χ4n) is 2.14. The number of carbonyl (C=O) groups is 1. The van der Waals surface area contributed by atoms with Gasteiger partial charge in [-0.05, 0) is 24.5 Å². The molecule has 0 fully saturated rings. The van der Waals surface area contributed by atoms with E-state index < -0.39 is 5.97 Å². The standard InChI is InChI=1S/C18H27O5/c1-4-6-9-15(5-2)14-21-12-13-22-23-18(19)16-10-7-8-11-17(16)20-3/h7-8,10-11,13,15H,4-6,9,12,14H2,1-3H3. The van der Waals surface area contributed by atoms with Crippen LogP contribution in [0.15, 0.2) is 24.3 Å². The lowest BCUT2D eigenvalue weighted by Gasteiger charge is -2.14. The van der Waals surface area contributed by atoms with Gasteiger partial charge in [-0.25, -0.2) is 4.79 Å². The van der Waals surface area contributed by atoms with Crippen LogP contribution in [0.25, 0.3) is 0 Å². The molecule has 0 bridgehead atoms. The third-order valence-corrected chi connectivity index (χ3v) is 3.60. The van der Waals surface area contributed by atoms with E-state index in [0.29, 0.717) is 23.8 Å². The number of para-hydroxylation sites is 1. The molecule has 0 aromatic heterocycles. The van der Waals surface area contributed by atoms with Crippen molar-refractivity contribution in [3.05, 3.63) is 36.4 Å². The first-order valence-corrected chi connectivity index (χ1v) is 8.12. The van der Waals surface area contributed by atoms with E-state index in [-0.39, 0.29) is 6.61 Å². The van der Waals surface area contributed by atoms with Gasteiger partial charge in [-0.15, -0.1) is 0 Å². The first-order valence-electron chi connectivity index (χ1n) is 8.12. The van der Waals surface area contributed by atoms with Gasteiger partial charge >= 0.3 is 5.97 Å². The smallest absolute Gasteiger partial charge is 0.376 e. The summed E-state index contributed by atoms with van der Waals surface area (Å²) in [4.78, 5) is 21.3.